The third-order valence-electron chi connectivity index (χ3n) is 4.55. The van der Waals surface area contributed by atoms with Gasteiger partial charge in [0, 0.05) is 31.9 Å². The molecular formula is C18H26N6O4. The van der Waals surface area contributed by atoms with Crippen LogP contribution in [0.25, 0.3) is 0 Å². The Labute approximate surface area is 163 Å². The summed E-state index contributed by atoms with van der Waals surface area (Å²) in [6.45, 7) is 3.35. The Morgan fingerprint density at radius 2 is 2.21 bits per heavy atom. The standard InChI is InChI=1S/C18H26N6O4/c1-5-27-18(26)15-14(19-11-20-15)17(25)24-6-7-28-13(10-22(2)3)16(24)12-8-21-23(4)9-12/h8-9,11,13,16H,5-7,10H2,1-4H3,(H,19,20)/t13-,16-/m0/s1. The SMILES string of the molecule is CCOC(=O)c1[nH]cnc1C(=O)N1CCO[C@@H](CN(C)C)[C@@H]1c1cnn(C)c1. The predicted molar refractivity (Wildman–Crippen MR) is 99.8 cm³/mol. The first-order chi connectivity index (χ1) is 13.4. The van der Waals surface area contributed by atoms with E-state index in [9.17, 15) is 9.59 Å². The first kappa shape index (κ1) is 20.0. The zero-order valence-corrected chi connectivity index (χ0v) is 16.6. The summed E-state index contributed by atoms with van der Waals surface area (Å²) in [6.07, 6.45) is 4.70. The smallest absolute Gasteiger partial charge is 0.357 e. The van der Waals surface area contributed by atoms with Crippen molar-refractivity contribution in [1.82, 2.24) is 29.5 Å². The zero-order valence-electron chi connectivity index (χ0n) is 16.6. The Morgan fingerprint density at radius 3 is 2.86 bits per heavy atom. The molecule has 1 saturated heterocycles. The summed E-state index contributed by atoms with van der Waals surface area (Å²) < 4.78 is 12.7. The molecule has 0 saturated carbocycles. The summed E-state index contributed by atoms with van der Waals surface area (Å²) in [7, 11) is 5.74. The van der Waals surface area contributed by atoms with Gasteiger partial charge in [0.05, 0.1) is 37.9 Å². The van der Waals surface area contributed by atoms with Gasteiger partial charge >= 0.3 is 5.97 Å². The second kappa shape index (κ2) is 8.53. The highest BCUT2D eigenvalue weighted by atomic mass is 16.5. The number of nitrogens with one attached hydrogen (secondary N) is 1. The molecule has 2 atom stereocenters. The van der Waals surface area contributed by atoms with Crippen molar-refractivity contribution in [3.63, 3.8) is 0 Å². The van der Waals surface area contributed by atoms with Gasteiger partial charge in [-0.15, -0.1) is 0 Å². The number of hydrogen-bond donors (Lipinski definition) is 1. The third kappa shape index (κ3) is 4.07. The van der Waals surface area contributed by atoms with E-state index >= 15 is 0 Å². The molecule has 2 aromatic heterocycles. The van der Waals surface area contributed by atoms with Crippen molar-refractivity contribution in [1.29, 1.82) is 0 Å². The van der Waals surface area contributed by atoms with E-state index in [1.54, 1.807) is 22.7 Å². The van der Waals surface area contributed by atoms with Crippen molar-refractivity contribution in [3.05, 3.63) is 35.7 Å². The van der Waals surface area contributed by atoms with Crippen molar-refractivity contribution in [2.45, 2.75) is 19.1 Å². The van der Waals surface area contributed by atoms with Gasteiger partial charge in [0.1, 0.15) is 0 Å². The summed E-state index contributed by atoms with van der Waals surface area (Å²) in [5.74, 6) is -0.940. The number of aromatic nitrogens is 4. The van der Waals surface area contributed by atoms with E-state index in [4.69, 9.17) is 9.47 Å². The highest BCUT2D eigenvalue weighted by molar-refractivity contribution is 6.03. The van der Waals surface area contributed by atoms with Crippen LogP contribution in [0.3, 0.4) is 0 Å². The number of amides is 1. The summed E-state index contributed by atoms with van der Waals surface area (Å²) in [5.41, 5.74) is 0.987. The van der Waals surface area contributed by atoms with Gasteiger partial charge in [-0.05, 0) is 21.0 Å². The molecule has 0 aliphatic carbocycles. The van der Waals surface area contributed by atoms with Crippen molar-refractivity contribution >= 4 is 11.9 Å². The Morgan fingerprint density at radius 1 is 1.43 bits per heavy atom. The Bertz CT molecular complexity index is 830. The first-order valence-corrected chi connectivity index (χ1v) is 9.18. The molecule has 1 N–H and O–H groups in total. The Hall–Kier alpha value is -2.72. The number of hydrogen-bond acceptors (Lipinski definition) is 7. The molecular weight excluding hydrogens is 364 g/mol. The normalized spacial score (nSPS) is 19.8. The number of aromatic amines is 1. The van der Waals surface area contributed by atoms with E-state index in [0.29, 0.717) is 19.7 Å². The minimum Gasteiger partial charge on any atom is -0.461 e. The van der Waals surface area contributed by atoms with Crippen LogP contribution >= 0.6 is 0 Å². The number of carbonyl (C=O) groups is 2. The van der Waals surface area contributed by atoms with Crippen LogP contribution in [0.15, 0.2) is 18.7 Å². The predicted octanol–water partition coefficient (Wildman–Crippen LogP) is 0.464. The molecule has 0 aromatic carbocycles. The summed E-state index contributed by atoms with van der Waals surface area (Å²) >= 11 is 0. The largest absolute Gasteiger partial charge is 0.461 e. The number of imidazole rings is 1. The van der Waals surface area contributed by atoms with E-state index in [2.05, 4.69) is 15.1 Å². The van der Waals surface area contributed by atoms with Crippen LogP contribution in [-0.2, 0) is 16.5 Å². The lowest BCUT2D eigenvalue weighted by atomic mass is 9.99. The second-order valence-corrected chi connectivity index (χ2v) is 6.91. The highest BCUT2D eigenvalue weighted by Crippen LogP contribution is 2.31. The molecule has 2 aromatic rings. The quantitative estimate of drug-likeness (QED) is 0.715. The lowest BCUT2D eigenvalue weighted by molar-refractivity contribution is -0.0686. The number of nitrogens with zero attached hydrogens (tertiary/aromatic N) is 5. The van der Waals surface area contributed by atoms with Gasteiger partial charge in [0.25, 0.3) is 5.91 Å². The maximum atomic E-state index is 13.4. The summed E-state index contributed by atoms with van der Waals surface area (Å²) in [4.78, 5) is 36.1. The fourth-order valence-electron chi connectivity index (χ4n) is 3.41. The minimum atomic E-state index is -0.598. The number of aryl methyl sites for hydroxylation is 1. The van der Waals surface area contributed by atoms with Crippen LogP contribution in [0.1, 0.15) is 39.5 Å². The van der Waals surface area contributed by atoms with E-state index in [-0.39, 0.29) is 36.0 Å². The fourth-order valence-corrected chi connectivity index (χ4v) is 3.41. The molecule has 0 unspecified atom stereocenters. The molecule has 10 nitrogen and oxygen atoms in total. The third-order valence-corrected chi connectivity index (χ3v) is 4.55. The summed E-state index contributed by atoms with van der Waals surface area (Å²) in [6, 6.07) is -0.343. The average molecular weight is 390 g/mol. The maximum absolute atomic E-state index is 13.4. The zero-order chi connectivity index (χ0) is 20.3. The van der Waals surface area contributed by atoms with E-state index < -0.39 is 5.97 Å². The second-order valence-electron chi connectivity index (χ2n) is 6.91. The van der Waals surface area contributed by atoms with Crippen LogP contribution in [0.5, 0.6) is 0 Å². The van der Waals surface area contributed by atoms with Gasteiger partial charge in [0.15, 0.2) is 11.4 Å². The van der Waals surface area contributed by atoms with Gasteiger partial charge < -0.3 is 24.3 Å². The molecule has 28 heavy (non-hydrogen) atoms. The molecule has 0 spiro atoms. The molecule has 1 amide bonds. The Kier molecular flexibility index (Phi) is 6.10. The van der Waals surface area contributed by atoms with Crippen molar-refractivity contribution in [2.24, 2.45) is 7.05 Å². The van der Waals surface area contributed by atoms with E-state index in [1.165, 1.54) is 6.33 Å². The lowest BCUT2D eigenvalue weighted by Crippen LogP contribution is -2.51. The van der Waals surface area contributed by atoms with E-state index in [1.807, 2.05) is 32.2 Å². The average Bonchev–Trinajstić information content (AvgIpc) is 3.29. The van der Waals surface area contributed by atoms with Crippen molar-refractivity contribution in [3.8, 4) is 0 Å². The number of ether oxygens (including phenoxy) is 2. The highest BCUT2D eigenvalue weighted by Gasteiger charge is 2.39. The topological polar surface area (TPSA) is 106 Å². The fraction of sp³-hybridized carbons (Fsp3) is 0.556. The number of H-pyrrole nitrogens is 1. The molecule has 1 aliphatic rings. The first-order valence-electron chi connectivity index (χ1n) is 9.18. The van der Waals surface area contributed by atoms with Crippen LogP contribution in [-0.4, -0.2) is 87.9 Å². The minimum absolute atomic E-state index is 0.0536. The van der Waals surface area contributed by atoms with E-state index in [0.717, 1.165) is 5.56 Å². The monoisotopic (exact) mass is 390 g/mol. The molecule has 0 bridgehead atoms. The van der Waals surface area contributed by atoms with Gasteiger partial charge in [-0.25, -0.2) is 9.78 Å². The van der Waals surface area contributed by atoms with Gasteiger partial charge in [0.2, 0.25) is 0 Å². The molecule has 3 heterocycles. The molecule has 1 fully saturated rings. The number of esters is 1. The van der Waals surface area contributed by atoms with Crippen molar-refractivity contribution < 1.29 is 19.1 Å². The number of carbonyl (C=O) groups excluding carboxylic acids is 2. The van der Waals surface area contributed by atoms with Gasteiger partial charge in [-0.1, -0.05) is 0 Å². The van der Waals surface area contributed by atoms with Gasteiger partial charge in [-0.3, -0.25) is 9.48 Å². The number of morpholine rings is 1. The molecule has 10 heteroatoms. The number of rotatable bonds is 6. The van der Waals surface area contributed by atoms with Crippen LogP contribution in [0, 0.1) is 0 Å². The van der Waals surface area contributed by atoms with Gasteiger partial charge in [-0.2, -0.15) is 5.10 Å². The van der Waals surface area contributed by atoms with Crippen molar-refractivity contribution in [2.75, 3.05) is 40.4 Å². The van der Waals surface area contributed by atoms with Crippen LogP contribution in [0.4, 0.5) is 0 Å². The Balaban J connectivity index is 1.95. The molecule has 152 valence electrons. The van der Waals surface area contributed by atoms with Crippen LogP contribution < -0.4 is 0 Å². The van der Waals surface area contributed by atoms with Crippen LogP contribution in [0.2, 0.25) is 0 Å². The molecule has 0 radical (unpaired) electrons. The lowest BCUT2D eigenvalue weighted by Gasteiger charge is -2.41. The maximum Gasteiger partial charge on any atom is 0.357 e. The molecule has 3 rings (SSSR count). The molecule has 1 aliphatic heterocycles. The summed E-state index contributed by atoms with van der Waals surface area (Å²) in [5, 5.41) is 4.25. The number of likely N-dealkylation sites (N-methyl/N-ethyl adjacent to an activating group) is 1.